The monoisotopic (exact) mass is 336 g/mol. The average molecular weight is 336 g/mol. The third-order valence-electron chi connectivity index (χ3n) is 3.91. The number of aliphatic hydroxyl groups is 2. The van der Waals surface area contributed by atoms with Gasteiger partial charge in [-0.15, -0.1) is 0 Å². The Balaban J connectivity index is 1.77. The molecule has 126 valence electrons. The summed E-state index contributed by atoms with van der Waals surface area (Å²) in [6.07, 6.45) is -1.97. The molecule has 7 heteroatoms. The molecule has 2 heterocycles. The maximum Gasteiger partial charge on any atom is 0.243 e. The average Bonchev–Trinajstić information content (AvgIpc) is 3.02. The lowest BCUT2D eigenvalue weighted by Gasteiger charge is -2.15. The van der Waals surface area contributed by atoms with Gasteiger partial charge in [0.15, 0.2) is 11.8 Å². The van der Waals surface area contributed by atoms with Crippen LogP contribution in [0.3, 0.4) is 0 Å². The van der Waals surface area contributed by atoms with Crippen LogP contribution in [0.25, 0.3) is 11.0 Å². The fourth-order valence-corrected chi connectivity index (χ4v) is 2.65. The highest BCUT2D eigenvalue weighted by atomic mass is 16.5. The van der Waals surface area contributed by atoms with E-state index in [0.29, 0.717) is 28.3 Å². The summed E-state index contributed by atoms with van der Waals surface area (Å²) >= 11 is 0. The molecule has 3 N–H and O–H groups in total. The topological polar surface area (TPSA) is 99.9 Å². The molecule has 4 rings (SSSR count). The van der Waals surface area contributed by atoms with Crippen molar-refractivity contribution in [2.75, 3.05) is 12.0 Å². The van der Waals surface area contributed by atoms with Crippen molar-refractivity contribution >= 4 is 22.4 Å². The Morgan fingerprint density at radius 3 is 2.44 bits per heavy atom. The first-order valence-corrected chi connectivity index (χ1v) is 7.87. The van der Waals surface area contributed by atoms with Gasteiger partial charge in [0.2, 0.25) is 5.88 Å². The molecule has 0 aliphatic carbocycles. The summed E-state index contributed by atoms with van der Waals surface area (Å²) < 4.78 is 5.71. The summed E-state index contributed by atoms with van der Waals surface area (Å²) in [5, 5.41) is 23.8. The summed E-state index contributed by atoms with van der Waals surface area (Å²) in [6.45, 7) is -0.456. The van der Waals surface area contributed by atoms with Gasteiger partial charge in [0.05, 0.1) is 23.3 Å². The van der Waals surface area contributed by atoms with E-state index in [9.17, 15) is 10.2 Å². The van der Waals surface area contributed by atoms with E-state index in [1.165, 1.54) is 0 Å². The zero-order chi connectivity index (χ0) is 17.2. The van der Waals surface area contributed by atoms with Crippen molar-refractivity contribution in [3.63, 3.8) is 0 Å². The normalized spacial score (nSPS) is 18.8. The van der Waals surface area contributed by atoms with Crippen molar-refractivity contribution in [2.45, 2.75) is 12.2 Å². The molecule has 0 spiro atoms. The SMILES string of the molecule is OCC(O)C1Oc2nc3ccccc3nc2/C1=N\Nc1ccccc1. The molecule has 0 saturated heterocycles. The molecule has 2 aromatic carbocycles. The Morgan fingerprint density at radius 1 is 1.04 bits per heavy atom. The van der Waals surface area contributed by atoms with Gasteiger partial charge in [-0.2, -0.15) is 5.10 Å². The number of nitrogens with one attached hydrogen (secondary N) is 1. The summed E-state index contributed by atoms with van der Waals surface area (Å²) in [4.78, 5) is 9.01. The lowest BCUT2D eigenvalue weighted by Crippen LogP contribution is -2.38. The second-order valence-electron chi connectivity index (χ2n) is 5.63. The third-order valence-corrected chi connectivity index (χ3v) is 3.91. The van der Waals surface area contributed by atoms with E-state index in [0.717, 1.165) is 5.69 Å². The van der Waals surface area contributed by atoms with Crippen LogP contribution in [0.1, 0.15) is 5.69 Å². The largest absolute Gasteiger partial charge is 0.463 e. The molecule has 0 saturated carbocycles. The van der Waals surface area contributed by atoms with Gasteiger partial charge in [-0.05, 0) is 24.3 Å². The smallest absolute Gasteiger partial charge is 0.243 e. The fraction of sp³-hybridized carbons (Fsp3) is 0.167. The van der Waals surface area contributed by atoms with Crippen LogP contribution in [0.4, 0.5) is 5.69 Å². The van der Waals surface area contributed by atoms with Crippen molar-refractivity contribution in [1.82, 2.24) is 9.97 Å². The number of fused-ring (bicyclic) bond motifs is 2. The Hall–Kier alpha value is -3.03. The number of rotatable bonds is 4. The molecular weight excluding hydrogens is 320 g/mol. The summed E-state index contributed by atoms with van der Waals surface area (Å²) in [5.41, 5.74) is 5.97. The van der Waals surface area contributed by atoms with E-state index >= 15 is 0 Å². The standard InChI is InChI=1S/C18H16N4O3/c23-10-14(24)17-15(22-21-11-6-2-1-3-7-11)16-18(25-17)20-13-9-5-4-8-12(13)19-16/h1-9,14,17,21,23-24H,10H2/b22-15+. The van der Waals surface area contributed by atoms with Crippen LogP contribution in [-0.2, 0) is 0 Å². The molecule has 1 aromatic heterocycles. The summed E-state index contributed by atoms with van der Waals surface area (Å²) in [7, 11) is 0. The van der Waals surface area contributed by atoms with Crippen molar-refractivity contribution < 1.29 is 14.9 Å². The molecule has 1 aliphatic rings. The van der Waals surface area contributed by atoms with Gasteiger partial charge in [-0.25, -0.2) is 9.97 Å². The number of hydrogen-bond acceptors (Lipinski definition) is 7. The van der Waals surface area contributed by atoms with Gasteiger partial charge in [-0.1, -0.05) is 30.3 Å². The number of nitrogens with zero attached hydrogens (tertiary/aromatic N) is 3. The van der Waals surface area contributed by atoms with Crippen LogP contribution < -0.4 is 10.2 Å². The first-order valence-electron chi connectivity index (χ1n) is 7.87. The number of anilines is 1. The molecule has 2 atom stereocenters. The zero-order valence-corrected chi connectivity index (χ0v) is 13.2. The fourth-order valence-electron chi connectivity index (χ4n) is 2.65. The predicted molar refractivity (Wildman–Crippen MR) is 93.6 cm³/mol. The maximum absolute atomic E-state index is 10.1. The van der Waals surface area contributed by atoms with Crippen LogP contribution in [-0.4, -0.2) is 44.7 Å². The Kier molecular flexibility index (Phi) is 4.01. The highest BCUT2D eigenvalue weighted by molar-refractivity contribution is 6.08. The van der Waals surface area contributed by atoms with Crippen LogP contribution in [0.2, 0.25) is 0 Å². The number of hydrazone groups is 1. The van der Waals surface area contributed by atoms with Gasteiger partial charge < -0.3 is 14.9 Å². The van der Waals surface area contributed by atoms with Gasteiger partial charge in [0.1, 0.15) is 11.8 Å². The first-order chi connectivity index (χ1) is 12.3. The van der Waals surface area contributed by atoms with Gasteiger partial charge >= 0.3 is 0 Å². The number of benzene rings is 2. The maximum atomic E-state index is 10.1. The molecule has 7 nitrogen and oxygen atoms in total. The van der Waals surface area contributed by atoms with Gasteiger partial charge in [-0.3, -0.25) is 5.43 Å². The molecule has 0 amide bonds. The van der Waals surface area contributed by atoms with E-state index < -0.39 is 18.8 Å². The molecule has 3 aromatic rings. The Morgan fingerprint density at radius 2 is 1.72 bits per heavy atom. The van der Waals surface area contributed by atoms with Gasteiger partial charge in [0.25, 0.3) is 0 Å². The molecule has 0 bridgehead atoms. The van der Waals surface area contributed by atoms with Crippen molar-refractivity contribution in [2.24, 2.45) is 5.10 Å². The molecule has 0 radical (unpaired) electrons. The number of hydrogen-bond donors (Lipinski definition) is 3. The van der Waals surface area contributed by atoms with Gasteiger partial charge in [0, 0.05) is 0 Å². The number of para-hydroxylation sites is 3. The Bertz CT molecular complexity index is 930. The van der Waals surface area contributed by atoms with Crippen LogP contribution in [0.15, 0.2) is 59.7 Å². The molecule has 25 heavy (non-hydrogen) atoms. The van der Waals surface area contributed by atoms with E-state index in [-0.39, 0.29) is 0 Å². The highest BCUT2D eigenvalue weighted by Crippen LogP contribution is 2.29. The van der Waals surface area contributed by atoms with Crippen LogP contribution >= 0.6 is 0 Å². The minimum absolute atomic E-state index is 0.296. The van der Waals surface area contributed by atoms with E-state index in [4.69, 9.17) is 4.74 Å². The second-order valence-corrected chi connectivity index (χ2v) is 5.63. The van der Waals surface area contributed by atoms with E-state index in [1.807, 2.05) is 54.6 Å². The third kappa shape index (κ3) is 2.90. The minimum Gasteiger partial charge on any atom is -0.463 e. The van der Waals surface area contributed by atoms with E-state index in [2.05, 4.69) is 20.5 Å². The van der Waals surface area contributed by atoms with Crippen LogP contribution in [0, 0.1) is 0 Å². The Labute approximate surface area is 143 Å². The molecular formula is C18H16N4O3. The molecule has 2 unspecified atom stereocenters. The lowest BCUT2D eigenvalue weighted by atomic mass is 10.1. The highest BCUT2D eigenvalue weighted by Gasteiger charge is 2.38. The van der Waals surface area contributed by atoms with Crippen molar-refractivity contribution in [3.05, 3.63) is 60.3 Å². The van der Waals surface area contributed by atoms with Crippen LogP contribution in [0.5, 0.6) is 5.88 Å². The summed E-state index contributed by atoms with van der Waals surface area (Å²) in [6, 6.07) is 16.8. The quantitative estimate of drug-likeness (QED) is 0.625. The lowest BCUT2D eigenvalue weighted by molar-refractivity contribution is 0.0321. The zero-order valence-electron chi connectivity index (χ0n) is 13.2. The van der Waals surface area contributed by atoms with E-state index in [1.54, 1.807) is 0 Å². The van der Waals surface area contributed by atoms with Crippen molar-refractivity contribution in [3.8, 4) is 5.88 Å². The first kappa shape index (κ1) is 15.5. The number of aliphatic hydroxyl groups excluding tert-OH is 2. The summed E-state index contributed by atoms with van der Waals surface area (Å²) in [5.74, 6) is 0.296. The minimum atomic E-state index is -1.13. The number of ether oxygens (including phenoxy) is 1. The number of aromatic nitrogens is 2. The molecule has 1 aliphatic heterocycles. The predicted octanol–water partition coefficient (Wildman–Crippen LogP) is 1.56. The second kappa shape index (κ2) is 6.46. The van der Waals surface area contributed by atoms with Crippen molar-refractivity contribution in [1.29, 1.82) is 0 Å². The molecule has 0 fully saturated rings.